The van der Waals surface area contributed by atoms with Gasteiger partial charge in [0.25, 0.3) is 0 Å². The SMILES string of the molecule is CCc1cc(-c2ccc(F)c(Cl)c2)nc(N)n1.CCc1cc(-c2ccc(F)c(F)c2)nc(N)n1.CCc1cc(-c2ccc(OC(C)C)cc2)nc(N)n1.CCc1cc(-c2ccc(OC(F)(F)F)cc2)nc(N)n1.CCc1cc(-c2ccc(OC)c(F)c2)nc(N)n1.CNc1cc(-c2cccc(C(F)(F)F)c2F)nc(N)n1. The summed E-state index contributed by atoms with van der Waals surface area (Å²) in [6, 6.07) is 39.4. The van der Waals surface area contributed by atoms with Gasteiger partial charge < -0.3 is 53.9 Å². The van der Waals surface area contributed by atoms with Gasteiger partial charge in [0.1, 0.15) is 29.0 Å². The van der Waals surface area contributed by atoms with Gasteiger partial charge in [-0.2, -0.15) is 18.2 Å². The number of rotatable bonds is 16. The quantitative estimate of drug-likeness (QED) is 0.0442. The van der Waals surface area contributed by atoms with Crippen molar-refractivity contribution in [3.05, 3.63) is 226 Å². The molecule has 111 heavy (non-hydrogen) atoms. The molecule has 12 aromatic rings. The van der Waals surface area contributed by atoms with E-state index in [1.54, 1.807) is 43.4 Å². The minimum Gasteiger partial charge on any atom is -0.494 e. The van der Waals surface area contributed by atoms with Crippen molar-refractivity contribution >= 4 is 53.1 Å². The van der Waals surface area contributed by atoms with E-state index >= 15 is 0 Å². The molecule has 6 heterocycles. The van der Waals surface area contributed by atoms with Crippen LogP contribution in [0.2, 0.25) is 5.02 Å². The molecular weight excluding hydrogens is 1480 g/mol. The van der Waals surface area contributed by atoms with E-state index in [0.29, 0.717) is 64.3 Å². The Kier molecular flexibility index (Phi) is 30.4. The summed E-state index contributed by atoms with van der Waals surface area (Å²) in [5.74, 6) is -2.17. The number of methoxy groups -OCH3 is 1. The zero-order chi connectivity index (χ0) is 81.4. The number of nitrogens with one attached hydrogen (secondary N) is 1. The zero-order valence-electron chi connectivity index (χ0n) is 61.2. The summed E-state index contributed by atoms with van der Waals surface area (Å²) < 4.78 is 155. The Balaban J connectivity index is 0.000000185. The van der Waals surface area contributed by atoms with Crippen LogP contribution in [0.5, 0.6) is 17.2 Å². The van der Waals surface area contributed by atoms with E-state index in [0.717, 1.165) is 88.5 Å². The molecule has 0 aliphatic carbocycles. The maximum atomic E-state index is 14.0. The number of nitrogen functional groups attached to an aromatic ring is 6. The van der Waals surface area contributed by atoms with Crippen molar-refractivity contribution in [3.8, 4) is 84.8 Å². The van der Waals surface area contributed by atoms with Gasteiger partial charge in [-0.05, 0) is 192 Å². The smallest absolute Gasteiger partial charge is 0.494 e. The average molecular weight is 1560 g/mol. The van der Waals surface area contributed by atoms with Crippen molar-refractivity contribution in [2.75, 3.05) is 53.9 Å². The Bertz CT molecular complexity index is 5010. The highest BCUT2D eigenvalue weighted by Gasteiger charge is 2.35. The van der Waals surface area contributed by atoms with Crippen molar-refractivity contribution in [1.29, 1.82) is 0 Å². The number of nitrogens with zero attached hydrogens (tertiary/aromatic N) is 12. The monoisotopic (exact) mass is 1560 g/mol. The van der Waals surface area contributed by atoms with E-state index in [4.69, 9.17) is 55.5 Å². The standard InChI is InChI=1S/C15H19N3O.C13H12F3N3O.C13H14FN3O.C12H11ClFN3.C12H10F4N4.C12H11F2N3/c1-4-12-9-14(18-15(16)17-12)11-5-7-13(8-6-11)19-10(2)3;1-2-9-7-11(19-12(17)18-9)8-3-5-10(6-4-8)20-13(14,15)16;1-3-9-7-11(17-13(15)16-9)8-4-5-12(18-2)10(14)6-8;1-2-8-6-11(17-12(15)16-8)7-3-4-10(14)9(13)5-7;1-18-9-5-8(19-11(17)20-9)6-3-2-4-7(10(6)13)12(14,15)16;1-2-8-6-11(17-12(15)16-8)7-3-4-9(13)10(14)5-7/h5-10H,4H2,1-3H3,(H2,16,17,18);3-7H,2H2,1H3,(H2,17,18,19);4-7H,3H2,1-2H3,(H2,15,16,17);3-6H,2H2,1H3,(H2,15,16,17);2-5H,1H3,(H3,17,18,19,20);3-6H,2H2,1H3,(H2,15,16,17). The summed E-state index contributed by atoms with van der Waals surface area (Å²) in [6.07, 6.45) is -5.56. The van der Waals surface area contributed by atoms with Crippen LogP contribution in [0.25, 0.3) is 67.5 Å². The molecule has 0 spiro atoms. The normalized spacial score (nSPS) is 10.9. The number of alkyl halides is 6. The molecular formula is C77H77ClF11N19O3. The molecule has 0 saturated carbocycles. The lowest BCUT2D eigenvalue weighted by atomic mass is 10.1. The summed E-state index contributed by atoms with van der Waals surface area (Å²) in [5.41, 5.74) is 42.7. The fourth-order valence-electron chi connectivity index (χ4n) is 9.86. The van der Waals surface area contributed by atoms with E-state index in [2.05, 4.69) is 69.9 Å². The Morgan fingerprint density at radius 1 is 0.396 bits per heavy atom. The lowest BCUT2D eigenvalue weighted by Crippen LogP contribution is -2.16. The number of benzene rings is 6. The number of hydrogen-bond donors (Lipinski definition) is 7. The van der Waals surface area contributed by atoms with Crippen molar-refractivity contribution in [3.63, 3.8) is 0 Å². The molecule has 0 amide bonds. The van der Waals surface area contributed by atoms with Crippen LogP contribution in [0.4, 0.5) is 89.8 Å². The maximum Gasteiger partial charge on any atom is 0.573 e. The van der Waals surface area contributed by atoms with Crippen LogP contribution >= 0.6 is 11.6 Å². The summed E-state index contributed by atoms with van der Waals surface area (Å²) >= 11 is 5.73. The molecule has 6 aromatic carbocycles. The van der Waals surface area contributed by atoms with Gasteiger partial charge in [-0.25, -0.2) is 76.8 Å². The van der Waals surface area contributed by atoms with E-state index in [1.807, 2.05) is 84.9 Å². The highest BCUT2D eigenvalue weighted by atomic mass is 35.5. The molecule has 582 valence electrons. The number of halogens is 12. The Labute approximate surface area is 636 Å². The van der Waals surface area contributed by atoms with Gasteiger partial charge in [0.15, 0.2) is 23.2 Å². The highest BCUT2D eigenvalue weighted by Crippen LogP contribution is 2.36. The first-order chi connectivity index (χ1) is 52.6. The molecule has 0 radical (unpaired) electrons. The van der Waals surface area contributed by atoms with E-state index in [-0.39, 0.29) is 69.4 Å². The molecule has 6 aromatic heterocycles. The average Bonchev–Trinajstić information content (AvgIpc) is 0.798. The van der Waals surface area contributed by atoms with Gasteiger partial charge in [-0.15, -0.1) is 13.2 Å². The Morgan fingerprint density at radius 2 is 0.757 bits per heavy atom. The third-order valence-electron chi connectivity index (χ3n) is 15.2. The van der Waals surface area contributed by atoms with Crippen molar-refractivity contribution in [2.24, 2.45) is 0 Å². The van der Waals surface area contributed by atoms with Crippen LogP contribution in [-0.2, 0) is 38.3 Å². The second kappa shape index (κ2) is 39.4. The summed E-state index contributed by atoms with van der Waals surface area (Å²) in [7, 11) is 2.98. The van der Waals surface area contributed by atoms with Gasteiger partial charge in [-0.3, -0.25) is 0 Å². The van der Waals surface area contributed by atoms with Gasteiger partial charge in [-0.1, -0.05) is 52.3 Å². The first-order valence-corrected chi connectivity index (χ1v) is 34.2. The summed E-state index contributed by atoms with van der Waals surface area (Å²) in [6.45, 7) is 13.9. The summed E-state index contributed by atoms with van der Waals surface area (Å²) in [5, 5.41) is 2.73. The predicted molar refractivity (Wildman–Crippen MR) is 407 cm³/mol. The van der Waals surface area contributed by atoms with Crippen LogP contribution in [0.15, 0.2) is 158 Å². The fraction of sp³-hybridized carbons (Fsp3) is 0.221. The largest absolute Gasteiger partial charge is 0.573 e. The van der Waals surface area contributed by atoms with Crippen LogP contribution in [0.1, 0.15) is 82.5 Å². The van der Waals surface area contributed by atoms with Crippen LogP contribution in [0, 0.1) is 29.1 Å². The first kappa shape index (κ1) is 85.6. The number of aromatic nitrogens is 12. The minimum atomic E-state index is -4.77. The molecule has 0 atom stereocenters. The highest BCUT2D eigenvalue weighted by molar-refractivity contribution is 6.31. The molecule has 0 aliphatic rings. The number of nitrogens with two attached hydrogens (primary N) is 6. The van der Waals surface area contributed by atoms with E-state index < -0.39 is 47.2 Å². The number of anilines is 7. The maximum absolute atomic E-state index is 14.0. The fourth-order valence-corrected chi connectivity index (χ4v) is 10.0. The van der Waals surface area contributed by atoms with Gasteiger partial charge in [0, 0.05) is 75.0 Å². The van der Waals surface area contributed by atoms with E-state index in [9.17, 15) is 48.3 Å². The lowest BCUT2D eigenvalue weighted by molar-refractivity contribution is -0.274. The molecule has 0 unspecified atom stereocenters. The Morgan fingerprint density at radius 3 is 1.12 bits per heavy atom. The number of hydrogen-bond acceptors (Lipinski definition) is 22. The second-order valence-corrected chi connectivity index (χ2v) is 24.0. The van der Waals surface area contributed by atoms with Crippen molar-refractivity contribution < 1.29 is 62.5 Å². The first-order valence-electron chi connectivity index (χ1n) is 33.8. The molecule has 0 saturated heterocycles. The predicted octanol–water partition coefficient (Wildman–Crippen LogP) is 17.3. The molecule has 0 bridgehead atoms. The zero-order valence-corrected chi connectivity index (χ0v) is 62.0. The van der Waals surface area contributed by atoms with Gasteiger partial charge >= 0.3 is 12.5 Å². The van der Waals surface area contributed by atoms with Gasteiger partial charge in [0.05, 0.1) is 58.0 Å². The van der Waals surface area contributed by atoms with Crippen LogP contribution in [0.3, 0.4) is 0 Å². The van der Waals surface area contributed by atoms with Crippen LogP contribution in [-0.4, -0.2) is 86.4 Å². The topological polar surface area (TPSA) is 351 Å². The summed E-state index contributed by atoms with van der Waals surface area (Å²) in [4.78, 5) is 48.5. The van der Waals surface area contributed by atoms with Crippen molar-refractivity contribution in [1.82, 2.24) is 59.8 Å². The molecule has 22 nitrogen and oxygen atoms in total. The van der Waals surface area contributed by atoms with E-state index in [1.165, 1.54) is 67.8 Å². The minimum absolute atomic E-state index is 0.0227. The Hall–Kier alpha value is -12.7. The second-order valence-electron chi connectivity index (χ2n) is 23.6. The lowest BCUT2D eigenvalue weighted by Gasteiger charge is -2.11. The number of ether oxygens (including phenoxy) is 3. The molecule has 13 N–H and O–H groups in total. The van der Waals surface area contributed by atoms with Crippen LogP contribution < -0.4 is 53.9 Å². The number of aryl methyl sites for hydroxylation is 5. The third kappa shape index (κ3) is 25.7. The van der Waals surface area contributed by atoms with Crippen molar-refractivity contribution in [2.45, 2.75) is 99.2 Å². The molecule has 0 aliphatic heterocycles. The molecule has 34 heteroatoms. The van der Waals surface area contributed by atoms with Gasteiger partial charge in [0.2, 0.25) is 35.7 Å². The molecule has 0 fully saturated rings. The third-order valence-corrected chi connectivity index (χ3v) is 15.4. The molecule has 12 rings (SSSR count).